The Kier molecular flexibility index (Phi) is 7.56. The molecule has 0 aliphatic heterocycles. The number of hydrogen-bond acceptors (Lipinski definition) is 4. The standard InChI is InChI=1S/C21H24F2N2O3.C17H18F2N2O/c1-5-28-16(26)11-24-18-17(13-8-9-21(18,4)20(13,2)3)19(27)25(24)15-7-6-12(22)10-14(15)23;1-16(2)10-6-7-17(16,3)14-13(10)15(22)21(20-14)12-5-4-9(18)8-11(12)19/h6-7,10,13H,5,8-9,11H2,1-4H3;4-5,8,10,20H,6-7H2,1-3H3/t13-,21+;10-,17+/m00/s1. The molecule has 2 heterocycles. The first-order chi connectivity index (χ1) is 23.4. The van der Waals surface area contributed by atoms with Gasteiger partial charge in [-0.15, -0.1) is 0 Å². The summed E-state index contributed by atoms with van der Waals surface area (Å²) in [6, 6.07) is 6.35. The highest BCUT2D eigenvalue weighted by molar-refractivity contribution is 5.69. The zero-order valence-electron chi connectivity index (χ0n) is 29.3. The van der Waals surface area contributed by atoms with E-state index in [-0.39, 0.29) is 69.1 Å². The van der Waals surface area contributed by atoms with Crippen LogP contribution < -0.4 is 11.1 Å². The lowest BCUT2D eigenvalue weighted by molar-refractivity contribution is -0.144. The van der Waals surface area contributed by atoms with Crippen molar-refractivity contribution in [1.29, 1.82) is 0 Å². The SMILES string of the molecule is CC1(C)[C@H]2CC[C@]1(C)c1[nH]n(-c3ccc(F)cc3F)c(=O)c12.CCOC(=O)Cn1c2c(c(=O)n1-c1ccc(F)cc1F)[C@@H]1CC[C@@]2(C)C1(C)C. The molecule has 4 atom stereocenters. The summed E-state index contributed by atoms with van der Waals surface area (Å²) in [4.78, 5) is 38.5. The Morgan fingerprint density at radius 3 is 1.90 bits per heavy atom. The molecule has 0 unspecified atom stereocenters. The van der Waals surface area contributed by atoms with Crippen molar-refractivity contribution in [2.45, 2.75) is 103 Å². The van der Waals surface area contributed by atoms with E-state index in [9.17, 15) is 31.9 Å². The van der Waals surface area contributed by atoms with E-state index >= 15 is 0 Å². The summed E-state index contributed by atoms with van der Waals surface area (Å²) in [5.74, 6) is -3.22. The number of aromatic amines is 1. The molecular weight excluding hydrogens is 652 g/mol. The number of ether oxygens (including phenoxy) is 1. The Morgan fingerprint density at radius 2 is 1.34 bits per heavy atom. The Hall–Kier alpha value is -4.35. The summed E-state index contributed by atoms with van der Waals surface area (Å²) in [6.45, 7) is 14.7. The summed E-state index contributed by atoms with van der Waals surface area (Å²) >= 11 is 0. The highest BCUT2D eigenvalue weighted by Gasteiger charge is 2.63. The van der Waals surface area contributed by atoms with Gasteiger partial charge in [0.05, 0.1) is 12.3 Å². The van der Waals surface area contributed by atoms with Crippen LogP contribution in [-0.4, -0.2) is 31.7 Å². The number of H-pyrrole nitrogens is 1. The van der Waals surface area contributed by atoms with Crippen LogP contribution >= 0.6 is 0 Å². The third-order valence-electron chi connectivity index (χ3n) is 13.2. The Balaban J connectivity index is 0.000000161. The smallest absolute Gasteiger partial charge is 0.327 e. The van der Waals surface area contributed by atoms with E-state index in [1.165, 1.54) is 21.5 Å². The highest BCUT2D eigenvalue weighted by Crippen LogP contribution is 2.68. The van der Waals surface area contributed by atoms with Crippen molar-refractivity contribution in [3.8, 4) is 11.4 Å². The number of aromatic nitrogens is 4. The fraction of sp³-hybridized carbons (Fsp3) is 0.500. The van der Waals surface area contributed by atoms with Crippen molar-refractivity contribution in [3.05, 3.63) is 103 Å². The van der Waals surface area contributed by atoms with Gasteiger partial charge < -0.3 is 4.74 Å². The highest BCUT2D eigenvalue weighted by atomic mass is 19.1. The van der Waals surface area contributed by atoms with Gasteiger partial charge in [0.2, 0.25) is 0 Å². The van der Waals surface area contributed by atoms with Gasteiger partial charge in [0.15, 0.2) is 11.6 Å². The largest absolute Gasteiger partial charge is 0.465 e. The lowest BCUT2D eigenvalue weighted by Gasteiger charge is -2.36. The molecule has 0 amide bonds. The molecule has 266 valence electrons. The molecule has 1 N–H and O–H groups in total. The van der Waals surface area contributed by atoms with Crippen molar-refractivity contribution >= 4 is 5.97 Å². The van der Waals surface area contributed by atoms with Gasteiger partial charge in [-0.25, -0.2) is 26.9 Å². The number of carbonyl (C=O) groups is 1. The van der Waals surface area contributed by atoms with E-state index in [0.717, 1.165) is 66.9 Å². The molecule has 2 fully saturated rings. The molecule has 4 aliphatic carbocycles. The summed E-state index contributed by atoms with van der Waals surface area (Å²) in [6.07, 6.45) is 3.76. The predicted octanol–water partition coefficient (Wildman–Crippen LogP) is 7.27. The minimum absolute atomic E-state index is 0.0216. The van der Waals surface area contributed by atoms with Gasteiger partial charge in [-0.2, -0.15) is 0 Å². The van der Waals surface area contributed by atoms with Crippen LogP contribution in [0.5, 0.6) is 0 Å². The number of rotatable bonds is 5. The fourth-order valence-electron chi connectivity index (χ4n) is 9.74. The van der Waals surface area contributed by atoms with Crippen LogP contribution in [0.4, 0.5) is 17.6 Å². The zero-order valence-corrected chi connectivity index (χ0v) is 29.3. The number of esters is 1. The molecule has 0 saturated heterocycles. The van der Waals surface area contributed by atoms with Crippen molar-refractivity contribution in [3.63, 3.8) is 0 Å². The van der Waals surface area contributed by atoms with Crippen LogP contribution in [0.3, 0.4) is 0 Å². The third-order valence-corrected chi connectivity index (χ3v) is 13.2. The van der Waals surface area contributed by atoms with E-state index in [0.29, 0.717) is 5.56 Å². The second-order valence-corrected chi connectivity index (χ2v) is 15.8. The molecule has 4 aromatic rings. The molecule has 2 aromatic heterocycles. The van der Waals surface area contributed by atoms with Gasteiger partial charge in [-0.1, -0.05) is 41.5 Å². The molecule has 0 radical (unpaired) electrons. The maximum Gasteiger partial charge on any atom is 0.327 e. The van der Waals surface area contributed by atoms with Crippen LogP contribution in [0, 0.1) is 34.1 Å². The molecule has 12 heteroatoms. The minimum Gasteiger partial charge on any atom is -0.465 e. The molecule has 0 spiro atoms. The maximum absolute atomic E-state index is 14.6. The quantitative estimate of drug-likeness (QED) is 0.176. The average molecular weight is 695 g/mol. The number of halogens is 4. The minimum atomic E-state index is -0.847. The summed E-state index contributed by atoms with van der Waals surface area (Å²) < 4.78 is 64.1. The normalized spacial score (nSPS) is 26.1. The van der Waals surface area contributed by atoms with Gasteiger partial charge in [-0.3, -0.25) is 24.2 Å². The van der Waals surface area contributed by atoms with Crippen LogP contribution in [0.25, 0.3) is 11.4 Å². The van der Waals surface area contributed by atoms with E-state index < -0.39 is 29.2 Å². The molecular formula is C38H42F4N4O4. The van der Waals surface area contributed by atoms with Crippen LogP contribution in [0.2, 0.25) is 0 Å². The summed E-state index contributed by atoms with van der Waals surface area (Å²) in [7, 11) is 0. The van der Waals surface area contributed by atoms with Gasteiger partial charge in [0.1, 0.15) is 29.6 Å². The zero-order chi connectivity index (χ0) is 36.3. The summed E-state index contributed by atoms with van der Waals surface area (Å²) in [5, 5.41) is 3.11. The monoisotopic (exact) mass is 694 g/mol. The van der Waals surface area contributed by atoms with Gasteiger partial charge in [-0.05, 0) is 79.5 Å². The van der Waals surface area contributed by atoms with Crippen LogP contribution in [-0.2, 0) is 26.9 Å². The number of fused-ring (bicyclic) bond motifs is 10. The second-order valence-electron chi connectivity index (χ2n) is 15.8. The molecule has 50 heavy (non-hydrogen) atoms. The van der Waals surface area contributed by atoms with E-state index in [1.54, 1.807) is 11.6 Å². The molecule has 4 bridgehead atoms. The third kappa shape index (κ3) is 4.38. The predicted molar refractivity (Wildman–Crippen MR) is 179 cm³/mol. The van der Waals surface area contributed by atoms with Crippen molar-refractivity contribution < 1.29 is 27.1 Å². The first kappa shape index (κ1) is 34.1. The van der Waals surface area contributed by atoms with Gasteiger partial charge >= 0.3 is 5.97 Å². The second kappa shape index (κ2) is 11.1. The molecule has 4 aliphatic rings. The van der Waals surface area contributed by atoms with Gasteiger partial charge in [0, 0.05) is 39.8 Å². The first-order valence-electron chi connectivity index (χ1n) is 17.2. The Labute approximate surface area is 287 Å². The van der Waals surface area contributed by atoms with Crippen molar-refractivity contribution in [2.75, 3.05) is 6.61 Å². The molecule has 2 saturated carbocycles. The van der Waals surface area contributed by atoms with Crippen LogP contribution in [0.1, 0.15) is 109 Å². The average Bonchev–Trinajstić information content (AvgIpc) is 3.75. The van der Waals surface area contributed by atoms with Gasteiger partial charge in [0.25, 0.3) is 11.1 Å². The topological polar surface area (TPSA) is 91.0 Å². The fourth-order valence-corrected chi connectivity index (χ4v) is 9.74. The molecule has 8 rings (SSSR count). The Morgan fingerprint density at radius 1 is 0.800 bits per heavy atom. The number of nitrogens with zero attached hydrogens (tertiary/aromatic N) is 3. The Bertz CT molecular complexity index is 2190. The summed E-state index contributed by atoms with van der Waals surface area (Å²) in [5.41, 5.74) is 2.03. The lowest BCUT2D eigenvalue weighted by Crippen LogP contribution is -2.37. The number of hydrogen-bond donors (Lipinski definition) is 1. The lowest BCUT2D eigenvalue weighted by atomic mass is 9.70. The number of nitrogens with one attached hydrogen (secondary N) is 1. The van der Waals surface area contributed by atoms with E-state index in [4.69, 9.17) is 4.74 Å². The molecule has 2 aromatic carbocycles. The van der Waals surface area contributed by atoms with E-state index in [2.05, 4.69) is 46.6 Å². The maximum atomic E-state index is 14.6. The number of carbonyl (C=O) groups excluding carboxylic acids is 1. The first-order valence-corrected chi connectivity index (χ1v) is 17.2. The van der Waals surface area contributed by atoms with Crippen LogP contribution in [0.15, 0.2) is 46.0 Å². The van der Waals surface area contributed by atoms with E-state index in [1.807, 2.05) is 0 Å². The van der Waals surface area contributed by atoms with Crippen molar-refractivity contribution in [1.82, 2.24) is 19.1 Å². The number of benzene rings is 2. The van der Waals surface area contributed by atoms with Crippen molar-refractivity contribution in [2.24, 2.45) is 10.8 Å². The molecule has 8 nitrogen and oxygen atoms in total.